The fourth-order valence-electron chi connectivity index (χ4n) is 4.31. The van der Waals surface area contributed by atoms with Crippen molar-refractivity contribution in [1.82, 2.24) is 14.7 Å². The summed E-state index contributed by atoms with van der Waals surface area (Å²) in [4.78, 5) is 15.2. The number of ether oxygens (including phenoxy) is 1. The molecule has 36 heavy (non-hydrogen) atoms. The number of aromatic nitrogens is 2. The highest BCUT2D eigenvalue weighted by Crippen LogP contribution is 2.38. The molecule has 1 amide bonds. The Morgan fingerprint density at radius 1 is 1.14 bits per heavy atom. The van der Waals surface area contributed by atoms with Gasteiger partial charge in [-0.2, -0.15) is 5.10 Å². The van der Waals surface area contributed by atoms with Crippen LogP contribution in [-0.2, 0) is 14.6 Å². The fourth-order valence-corrected chi connectivity index (χ4v) is 7.40. The largest absolute Gasteiger partial charge is 0.491 e. The maximum Gasteiger partial charge on any atom is 0.266 e. The van der Waals surface area contributed by atoms with Crippen molar-refractivity contribution in [3.05, 3.63) is 71.3 Å². The molecule has 0 bridgehead atoms. The summed E-state index contributed by atoms with van der Waals surface area (Å²) in [6.45, 7) is 3.95. The average molecular weight is 540 g/mol. The first-order valence-corrected chi connectivity index (χ1v) is 14.6. The van der Waals surface area contributed by atoms with Gasteiger partial charge in [-0.05, 0) is 62.7 Å². The Balaban J connectivity index is 1.52. The SMILES string of the molecule is CC(C)Oc1ccc(-c2nn(-c3ccccc3)cc2/C=C2/SC(=S)N([C@H]3CCS(=O)(=O)C3)C2=O)cc1. The van der Waals surface area contributed by atoms with E-state index in [9.17, 15) is 13.2 Å². The first-order valence-electron chi connectivity index (χ1n) is 11.6. The Morgan fingerprint density at radius 2 is 1.86 bits per heavy atom. The lowest BCUT2D eigenvalue weighted by molar-refractivity contribution is -0.123. The number of rotatable bonds is 6. The van der Waals surface area contributed by atoms with Crippen LogP contribution in [0.3, 0.4) is 0 Å². The van der Waals surface area contributed by atoms with E-state index in [2.05, 4.69) is 0 Å². The van der Waals surface area contributed by atoms with E-state index in [4.69, 9.17) is 22.1 Å². The lowest BCUT2D eigenvalue weighted by atomic mass is 10.1. The Kier molecular flexibility index (Phi) is 6.76. The van der Waals surface area contributed by atoms with E-state index in [1.807, 2.05) is 74.6 Å². The number of carbonyl (C=O) groups is 1. The number of benzene rings is 2. The minimum Gasteiger partial charge on any atom is -0.491 e. The van der Waals surface area contributed by atoms with Crippen LogP contribution in [0, 0.1) is 0 Å². The number of amides is 1. The molecule has 0 radical (unpaired) electrons. The first-order chi connectivity index (χ1) is 17.2. The van der Waals surface area contributed by atoms with Crippen molar-refractivity contribution in [2.75, 3.05) is 11.5 Å². The van der Waals surface area contributed by atoms with Crippen LogP contribution >= 0.6 is 24.0 Å². The van der Waals surface area contributed by atoms with Gasteiger partial charge in [-0.3, -0.25) is 9.69 Å². The van der Waals surface area contributed by atoms with Crippen molar-refractivity contribution in [3.8, 4) is 22.7 Å². The second-order valence-electron chi connectivity index (χ2n) is 9.01. The molecule has 3 heterocycles. The van der Waals surface area contributed by atoms with Crippen molar-refractivity contribution in [3.63, 3.8) is 0 Å². The van der Waals surface area contributed by atoms with Crippen LogP contribution in [0.4, 0.5) is 0 Å². The standard InChI is InChI=1S/C26H25N3O4S3/c1-17(2)33-22-10-8-18(9-11-22)24-19(15-28(27-24)20-6-4-3-5-7-20)14-23-25(30)29(26(34)35-23)21-12-13-36(31,32)16-21/h3-11,14-15,17,21H,12-13,16H2,1-2H3/b23-14+/t21-/m0/s1. The van der Waals surface area contributed by atoms with Gasteiger partial charge in [0.1, 0.15) is 10.1 Å². The van der Waals surface area contributed by atoms with Gasteiger partial charge in [0.2, 0.25) is 0 Å². The molecule has 2 fully saturated rings. The summed E-state index contributed by atoms with van der Waals surface area (Å²) in [5.41, 5.74) is 3.24. The van der Waals surface area contributed by atoms with Gasteiger partial charge in [-0.1, -0.05) is 42.2 Å². The zero-order valence-electron chi connectivity index (χ0n) is 19.8. The van der Waals surface area contributed by atoms with E-state index in [1.165, 1.54) is 16.7 Å². The highest BCUT2D eigenvalue weighted by Gasteiger charge is 2.42. The molecule has 2 aliphatic rings. The van der Waals surface area contributed by atoms with Crippen molar-refractivity contribution < 1.29 is 17.9 Å². The Hall–Kier alpha value is -2.95. The molecule has 2 aromatic carbocycles. The first kappa shape index (κ1) is 24.7. The Bertz CT molecular complexity index is 1450. The van der Waals surface area contributed by atoms with Crippen LogP contribution in [-0.4, -0.2) is 57.0 Å². The molecule has 5 rings (SSSR count). The summed E-state index contributed by atoms with van der Waals surface area (Å²) in [7, 11) is -3.14. The van der Waals surface area contributed by atoms with Gasteiger partial charge in [-0.25, -0.2) is 13.1 Å². The predicted molar refractivity (Wildman–Crippen MR) is 147 cm³/mol. The molecule has 0 aliphatic carbocycles. The molecule has 3 aromatic rings. The van der Waals surface area contributed by atoms with Gasteiger partial charge in [0.05, 0.1) is 39.9 Å². The third kappa shape index (κ3) is 5.11. The number of thioether (sulfide) groups is 1. The van der Waals surface area contributed by atoms with E-state index >= 15 is 0 Å². The van der Waals surface area contributed by atoms with E-state index in [-0.39, 0.29) is 23.5 Å². The molecule has 0 spiro atoms. The van der Waals surface area contributed by atoms with Crippen molar-refractivity contribution in [2.24, 2.45) is 0 Å². The van der Waals surface area contributed by atoms with E-state index in [1.54, 1.807) is 10.8 Å². The molecule has 0 unspecified atom stereocenters. The van der Waals surface area contributed by atoms with Crippen LogP contribution in [0.25, 0.3) is 23.0 Å². The summed E-state index contributed by atoms with van der Waals surface area (Å²) >= 11 is 6.68. The number of thiocarbonyl (C=S) groups is 1. The zero-order chi connectivity index (χ0) is 25.4. The molecule has 0 N–H and O–H groups in total. The van der Waals surface area contributed by atoms with Gasteiger partial charge < -0.3 is 4.74 Å². The van der Waals surface area contributed by atoms with Crippen molar-refractivity contribution in [1.29, 1.82) is 0 Å². The highest BCUT2D eigenvalue weighted by atomic mass is 32.2. The van der Waals surface area contributed by atoms with Gasteiger partial charge in [0.25, 0.3) is 5.91 Å². The molecular weight excluding hydrogens is 515 g/mol. The summed E-state index contributed by atoms with van der Waals surface area (Å²) in [6, 6.07) is 17.0. The maximum atomic E-state index is 13.3. The molecule has 7 nitrogen and oxygen atoms in total. The van der Waals surface area contributed by atoms with Crippen LogP contribution in [0.5, 0.6) is 5.75 Å². The summed E-state index contributed by atoms with van der Waals surface area (Å²) in [6.07, 6.45) is 4.16. The van der Waals surface area contributed by atoms with Gasteiger partial charge in [-0.15, -0.1) is 0 Å². The monoisotopic (exact) mass is 539 g/mol. The lowest BCUT2D eigenvalue weighted by Crippen LogP contribution is -2.39. The molecular formula is C26H25N3O4S3. The third-order valence-electron chi connectivity index (χ3n) is 5.95. The number of hydrogen-bond acceptors (Lipinski definition) is 7. The molecule has 2 aliphatic heterocycles. The van der Waals surface area contributed by atoms with Gasteiger partial charge in [0, 0.05) is 17.3 Å². The third-order valence-corrected chi connectivity index (χ3v) is 9.03. The molecule has 1 aromatic heterocycles. The number of hydrogen-bond donors (Lipinski definition) is 0. The van der Waals surface area contributed by atoms with Crippen LogP contribution < -0.4 is 4.74 Å². The Morgan fingerprint density at radius 3 is 2.50 bits per heavy atom. The number of carbonyl (C=O) groups excluding carboxylic acids is 1. The topological polar surface area (TPSA) is 81.5 Å². The molecule has 1 atom stereocenters. The minimum atomic E-state index is -3.14. The van der Waals surface area contributed by atoms with Crippen molar-refractivity contribution in [2.45, 2.75) is 32.4 Å². The maximum absolute atomic E-state index is 13.3. The van der Waals surface area contributed by atoms with Gasteiger partial charge in [0.15, 0.2) is 9.84 Å². The van der Waals surface area contributed by atoms with Crippen molar-refractivity contribution >= 4 is 50.1 Å². The molecule has 186 valence electrons. The summed E-state index contributed by atoms with van der Waals surface area (Å²) in [5.74, 6) is 0.545. The van der Waals surface area contributed by atoms with E-state index in [0.29, 0.717) is 21.3 Å². The smallest absolute Gasteiger partial charge is 0.266 e. The fraction of sp³-hybridized carbons (Fsp3) is 0.269. The predicted octanol–water partition coefficient (Wildman–Crippen LogP) is 4.71. The van der Waals surface area contributed by atoms with Crippen LogP contribution in [0.15, 0.2) is 65.7 Å². The summed E-state index contributed by atoms with van der Waals surface area (Å²) in [5, 5.41) is 4.83. The quantitative estimate of drug-likeness (QED) is 0.331. The lowest BCUT2D eigenvalue weighted by Gasteiger charge is -2.20. The molecule has 10 heteroatoms. The number of para-hydroxylation sites is 1. The Labute approximate surface area is 220 Å². The second kappa shape index (κ2) is 9.84. The van der Waals surface area contributed by atoms with Crippen LogP contribution in [0.1, 0.15) is 25.8 Å². The average Bonchev–Trinajstić information content (AvgIpc) is 3.50. The second-order valence-corrected chi connectivity index (χ2v) is 12.9. The van der Waals surface area contributed by atoms with E-state index < -0.39 is 15.9 Å². The number of nitrogens with zero attached hydrogens (tertiary/aromatic N) is 3. The molecule has 2 saturated heterocycles. The van der Waals surface area contributed by atoms with Gasteiger partial charge >= 0.3 is 0 Å². The molecule has 0 saturated carbocycles. The highest BCUT2D eigenvalue weighted by molar-refractivity contribution is 8.26. The minimum absolute atomic E-state index is 0.0469. The van der Waals surface area contributed by atoms with Crippen LogP contribution in [0.2, 0.25) is 0 Å². The van der Waals surface area contributed by atoms with E-state index in [0.717, 1.165) is 22.6 Å². The summed E-state index contributed by atoms with van der Waals surface area (Å²) < 4.78 is 31.9. The number of sulfone groups is 1. The zero-order valence-corrected chi connectivity index (χ0v) is 22.3. The normalized spacial score (nSPS) is 20.6.